The molecule has 0 aliphatic carbocycles. The summed E-state index contributed by atoms with van der Waals surface area (Å²) < 4.78 is 24.6. The number of nitrogens with zero attached hydrogens (tertiary/aromatic N) is 3. The summed E-state index contributed by atoms with van der Waals surface area (Å²) in [4.78, 5) is 0. The lowest BCUT2D eigenvalue weighted by molar-refractivity contribution is 0.580. The van der Waals surface area contributed by atoms with Crippen molar-refractivity contribution in [3.63, 3.8) is 0 Å². The van der Waals surface area contributed by atoms with Crippen molar-refractivity contribution >= 4 is 26.0 Å². The number of rotatable bonds is 2. The lowest BCUT2D eigenvalue weighted by atomic mass is 10.2. The van der Waals surface area contributed by atoms with Crippen molar-refractivity contribution in [2.75, 3.05) is 0 Å². The highest BCUT2D eigenvalue weighted by molar-refractivity contribution is 9.10. The summed E-state index contributed by atoms with van der Waals surface area (Å²) in [7, 11) is -2.31. The van der Waals surface area contributed by atoms with Crippen LogP contribution in [0.4, 0.5) is 0 Å². The molecule has 90 valence electrons. The number of halogens is 1. The van der Waals surface area contributed by atoms with Gasteiger partial charge in [0, 0.05) is 17.1 Å². The van der Waals surface area contributed by atoms with Gasteiger partial charge in [-0.2, -0.15) is 0 Å². The monoisotopic (exact) mass is 316 g/mol. The largest absolute Gasteiger partial charge is 0.300 e. The Hall–Kier alpha value is -1.25. The van der Waals surface area contributed by atoms with E-state index in [2.05, 4.69) is 26.1 Å². The van der Waals surface area contributed by atoms with Crippen LogP contribution in [0.25, 0.3) is 11.4 Å². The average Bonchev–Trinajstić information content (AvgIpc) is 2.60. The predicted molar refractivity (Wildman–Crippen MR) is 65.5 cm³/mol. The van der Waals surface area contributed by atoms with Gasteiger partial charge in [0.05, 0.1) is 0 Å². The fraction of sp³-hybridized carbons (Fsp3) is 0.111. The van der Waals surface area contributed by atoms with Crippen LogP contribution in [-0.2, 0) is 17.1 Å². The molecule has 0 fully saturated rings. The fourth-order valence-electron chi connectivity index (χ4n) is 1.44. The third-order valence-electron chi connectivity index (χ3n) is 2.20. The molecule has 0 saturated carbocycles. The molecule has 1 aromatic heterocycles. The van der Waals surface area contributed by atoms with Crippen molar-refractivity contribution in [3.8, 4) is 11.4 Å². The third-order valence-corrected chi connectivity index (χ3v) is 3.76. The molecule has 2 N–H and O–H groups in total. The maximum atomic E-state index is 11.2. The molecule has 0 spiro atoms. The average molecular weight is 317 g/mol. The standard InChI is InChI=1S/C9H9BrN4O2S/c1-14-8(6-4-2-3-5-7(6)10)12-13-9(14)17(11,15)16/h2-5H,1H3,(H2,11,15,16). The zero-order chi connectivity index (χ0) is 12.6. The van der Waals surface area contributed by atoms with Crippen LogP contribution in [-0.4, -0.2) is 23.2 Å². The van der Waals surface area contributed by atoms with Crippen molar-refractivity contribution in [1.29, 1.82) is 0 Å². The van der Waals surface area contributed by atoms with Crippen LogP contribution in [0.1, 0.15) is 0 Å². The smallest absolute Gasteiger partial charge is 0.273 e. The van der Waals surface area contributed by atoms with E-state index in [0.29, 0.717) is 5.82 Å². The molecule has 0 radical (unpaired) electrons. The molecule has 2 rings (SSSR count). The van der Waals surface area contributed by atoms with E-state index < -0.39 is 10.0 Å². The summed E-state index contributed by atoms with van der Waals surface area (Å²) in [6.45, 7) is 0. The quantitative estimate of drug-likeness (QED) is 0.890. The number of sulfonamides is 1. The summed E-state index contributed by atoms with van der Waals surface area (Å²) in [5.74, 6) is 0.432. The van der Waals surface area contributed by atoms with Crippen LogP contribution >= 0.6 is 15.9 Å². The predicted octanol–water partition coefficient (Wildman–Crippen LogP) is 0.892. The second kappa shape index (κ2) is 4.21. The van der Waals surface area contributed by atoms with Crippen molar-refractivity contribution in [1.82, 2.24) is 14.8 Å². The first-order valence-corrected chi connectivity index (χ1v) is 6.92. The second-order valence-electron chi connectivity index (χ2n) is 3.39. The van der Waals surface area contributed by atoms with Gasteiger partial charge in [0.15, 0.2) is 5.82 Å². The molecule has 0 amide bonds. The Balaban J connectivity index is 2.64. The Bertz CT molecular complexity index is 665. The second-order valence-corrected chi connectivity index (χ2v) is 5.70. The number of hydrogen-bond acceptors (Lipinski definition) is 4. The highest BCUT2D eigenvalue weighted by atomic mass is 79.9. The minimum absolute atomic E-state index is 0.261. The molecular weight excluding hydrogens is 308 g/mol. The highest BCUT2D eigenvalue weighted by Crippen LogP contribution is 2.26. The molecular formula is C9H9BrN4O2S. The molecule has 0 aliphatic heterocycles. The van der Waals surface area contributed by atoms with Gasteiger partial charge in [-0.05, 0) is 6.07 Å². The Labute approximate surface area is 107 Å². The van der Waals surface area contributed by atoms with Crippen LogP contribution in [0, 0.1) is 0 Å². The van der Waals surface area contributed by atoms with Gasteiger partial charge in [-0.1, -0.05) is 34.1 Å². The summed E-state index contributed by atoms with van der Waals surface area (Å²) in [5.41, 5.74) is 0.748. The first-order chi connectivity index (χ1) is 7.91. The number of hydrogen-bond donors (Lipinski definition) is 1. The van der Waals surface area contributed by atoms with Gasteiger partial charge >= 0.3 is 0 Å². The van der Waals surface area contributed by atoms with Crippen LogP contribution in [0.2, 0.25) is 0 Å². The van der Waals surface area contributed by atoms with Crippen molar-refractivity contribution in [3.05, 3.63) is 28.7 Å². The van der Waals surface area contributed by atoms with E-state index in [1.54, 1.807) is 13.1 Å². The van der Waals surface area contributed by atoms with Crippen molar-refractivity contribution in [2.24, 2.45) is 12.2 Å². The molecule has 6 nitrogen and oxygen atoms in total. The van der Waals surface area contributed by atoms with Crippen LogP contribution in [0.3, 0.4) is 0 Å². The Morgan fingerprint density at radius 3 is 2.47 bits per heavy atom. The normalized spacial score (nSPS) is 11.7. The molecule has 17 heavy (non-hydrogen) atoms. The molecule has 0 unspecified atom stereocenters. The molecule has 0 saturated heterocycles. The number of primary sulfonamides is 1. The SMILES string of the molecule is Cn1c(-c2ccccc2Br)nnc1S(N)(=O)=O. The molecule has 0 bridgehead atoms. The number of nitrogens with two attached hydrogens (primary N) is 1. The van der Waals surface area contributed by atoms with E-state index >= 15 is 0 Å². The number of benzene rings is 1. The first kappa shape index (κ1) is 12.2. The lowest BCUT2D eigenvalue weighted by Gasteiger charge is -2.04. The summed E-state index contributed by atoms with van der Waals surface area (Å²) >= 11 is 3.37. The van der Waals surface area contributed by atoms with Gasteiger partial charge in [0.25, 0.3) is 15.2 Å². The first-order valence-electron chi connectivity index (χ1n) is 4.58. The van der Waals surface area contributed by atoms with Gasteiger partial charge < -0.3 is 0 Å². The Morgan fingerprint density at radius 2 is 1.94 bits per heavy atom. The summed E-state index contributed by atoms with van der Waals surface area (Å²) in [6.07, 6.45) is 0. The fourth-order valence-corrected chi connectivity index (χ4v) is 2.52. The molecule has 1 heterocycles. The lowest BCUT2D eigenvalue weighted by Crippen LogP contribution is -2.17. The highest BCUT2D eigenvalue weighted by Gasteiger charge is 2.20. The van der Waals surface area contributed by atoms with Gasteiger partial charge in [0.2, 0.25) is 0 Å². The number of aromatic nitrogens is 3. The summed E-state index contributed by atoms with van der Waals surface area (Å²) in [6, 6.07) is 7.32. The van der Waals surface area contributed by atoms with Crippen molar-refractivity contribution < 1.29 is 8.42 Å². The molecule has 0 aliphatic rings. The zero-order valence-electron chi connectivity index (χ0n) is 8.83. The minimum Gasteiger partial charge on any atom is -0.300 e. The van der Waals surface area contributed by atoms with E-state index in [-0.39, 0.29) is 5.16 Å². The topological polar surface area (TPSA) is 90.9 Å². The molecule has 0 atom stereocenters. The summed E-state index contributed by atoms with van der Waals surface area (Å²) in [5, 5.41) is 12.2. The van der Waals surface area contributed by atoms with E-state index in [4.69, 9.17) is 5.14 Å². The third kappa shape index (κ3) is 2.24. The van der Waals surface area contributed by atoms with E-state index in [9.17, 15) is 8.42 Å². The Kier molecular flexibility index (Phi) is 3.02. The van der Waals surface area contributed by atoms with Crippen molar-refractivity contribution in [2.45, 2.75) is 5.16 Å². The van der Waals surface area contributed by atoms with Crippen LogP contribution in [0.15, 0.2) is 33.9 Å². The van der Waals surface area contributed by atoms with Gasteiger partial charge in [-0.3, -0.25) is 4.57 Å². The van der Waals surface area contributed by atoms with E-state index in [1.165, 1.54) is 4.57 Å². The maximum Gasteiger partial charge on any atom is 0.273 e. The molecule has 8 heteroatoms. The zero-order valence-corrected chi connectivity index (χ0v) is 11.2. The van der Waals surface area contributed by atoms with E-state index in [0.717, 1.165) is 10.0 Å². The van der Waals surface area contributed by atoms with Gasteiger partial charge in [0.1, 0.15) is 0 Å². The van der Waals surface area contributed by atoms with Gasteiger partial charge in [-0.15, -0.1) is 10.2 Å². The van der Waals surface area contributed by atoms with Crippen LogP contribution in [0.5, 0.6) is 0 Å². The van der Waals surface area contributed by atoms with Gasteiger partial charge in [-0.25, -0.2) is 13.6 Å². The minimum atomic E-state index is -3.86. The molecule has 2 aromatic rings. The van der Waals surface area contributed by atoms with E-state index in [1.807, 2.05) is 18.2 Å². The Morgan fingerprint density at radius 1 is 1.29 bits per heavy atom. The molecule has 1 aromatic carbocycles. The maximum absolute atomic E-state index is 11.2. The van der Waals surface area contributed by atoms with Crippen LogP contribution < -0.4 is 5.14 Å².